The zero-order valence-corrected chi connectivity index (χ0v) is 17.9. The van der Waals surface area contributed by atoms with Gasteiger partial charge in [0.05, 0.1) is 7.11 Å². The van der Waals surface area contributed by atoms with Crippen LogP contribution in [-0.2, 0) is 11.3 Å². The van der Waals surface area contributed by atoms with Gasteiger partial charge in [-0.05, 0) is 34.5 Å². The van der Waals surface area contributed by atoms with Crippen LogP contribution in [0.25, 0.3) is 10.8 Å². The molecule has 31 heavy (non-hydrogen) atoms. The van der Waals surface area contributed by atoms with Crippen LogP contribution in [0.1, 0.15) is 28.8 Å². The number of ketones is 1. The summed E-state index contributed by atoms with van der Waals surface area (Å²) in [7, 11) is 1.67. The second-order valence-corrected chi connectivity index (χ2v) is 7.99. The molecule has 5 heteroatoms. The number of nitrogens with zero attached hydrogens (tertiary/aromatic N) is 2. The van der Waals surface area contributed by atoms with E-state index in [-0.39, 0.29) is 24.5 Å². The average Bonchev–Trinajstić information content (AvgIpc) is 2.83. The van der Waals surface area contributed by atoms with Crippen LogP contribution < -0.4 is 4.74 Å². The van der Waals surface area contributed by atoms with Gasteiger partial charge in [0, 0.05) is 51.1 Å². The molecular formula is C26H28N2O3. The number of hydrogen-bond donors (Lipinski definition) is 0. The van der Waals surface area contributed by atoms with Gasteiger partial charge in [0.15, 0.2) is 5.78 Å². The molecule has 4 rings (SSSR count). The van der Waals surface area contributed by atoms with Crippen LogP contribution in [0, 0.1) is 0 Å². The fraction of sp³-hybridized carbons (Fsp3) is 0.308. The first-order valence-corrected chi connectivity index (χ1v) is 10.8. The van der Waals surface area contributed by atoms with E-state index in [1.807, 2.05) is 59.5 Å². The van der Waals surface area contributed by atoms with Crippen molar-refractivity contribution in [2.24, 2.45) is 0 Å². The van der Waals surface area contributed by atoms with E-state index >= 15 is 0 Å². The third kappa shape index (κ3) is 5.30. The smallest absolute Gasteiger partial charge is 0.223 e. The third-order valence-electron chi connectivity index (χ3n) is 5.93. The number of rotatable bonds is 7. The molecule has 1 heterocycles. The molecule has 5 nitrogen and oxygen atoms in total. The Hall–Kier alpha value is -3.18. The van der Waals surface area contributed by atoms with Crippen LogP contribution >= 0.6 is 0 Å². The number of hydrogen-bond acceptors (Lipinski definition) is 4. The van der Waals surface area contributed by atoms with Crippen molar-refractivity contribution in [1.82, 2.24) is 9.80 Å². The topological polar surface area (TPSA) is 49.9 Å². The van der Waals surface area contributed by atoms with E-state index in [9.17, 15) is 9.59 Å². The highest BCUT2D eigenvalue weighted by molar-refractivity contribution is 6.01. The molecule has 1 saturated heterocycles. The molecule has 0 unspecified atom stereocenters. The van der Waals surface area contributed by atoms with E-state index in [0.29, 0.717) is 18.7 Å². The number of ether oxygens (including phenoxy) is 1. The SMILES string of the molecule is COc1ccc(CN2CCN(C(=O)CCC(=O)c3ccc4ccccc4c3)CC2)cc1. The molecule has 0 radical (unpaired) electrons. The molecule has 3 aromatic rings. The van der Waals surface area contributed by atoms with E-state index in [1.165, 1.54) is 5.56 Å². The highest BCUT2D eigenvalue weighted by Crippen LogP contribution is 2.18. The Bertz CT molecular complexity index is 1050. The molecule has 1 amide bonds. The fourth-order valence-corrected chi connectivity index (χ4v) is 4.03. The molecule has 3 aromatic carbocycles. The number of Topliss-reactive ketones (excluding diaryl/α,β-unsaturated/α-hetero) is 1. The lowest BCUT2D eigenvalue weighted by atomic mass is 10.0. The number of benzene rings is 3. The second kappa shape index (κ2) is 9.75. The Morgan fingerprint density at radius 3 is 2.26 bits per heavy atom. The van der Waals surface area contributed by atoms with Crippen LogP contribution in [0.2, 0.25) is 0 Å². The van der Waals surface area contributed by atoms with Crippen LogP contribution in [0.4, 0.5) is 0 Å². The first-order valence-electron chi connectivity index (χ1n) is 10.8. The summed E-state index contributed by atoms with van der Waals surface area (Å²) in [6, 6.07) is 21.8. The molecule has 0 aromatic heterocycles. The maximum Gasteiger partial charge on any atom is 0.223 e. The zero-order chi connectivity index (χ0) is 21.6. The standard InChI is InChI=1S/C26H28N2O3/c1-31-24-10-6-20(7-11-24)19-27-14-16-28(17-15-27)26(30)13-12-25(29)23-9-8-21-4-2-3-5-22(21)18-23/h2-11,18H,12-17,19H2,1H3. The molecule has 0 atom stereocenters. The van der Waals surface area contributed by atoms with Crippen molar-refractivity contribution in [3.05, 3.63) is 77.9 Å². The van der Waals surface area contributed by atoms with E-state index in [4.69, 9.17) is 4.74 Å². The Balaban J connectivity index is 1.24. The number of methoxy groups -OCH3 is 1. The van der Waals surface area contributed by atoms with E-state index in [0.717, 1.165) is 36.2 Å². The highest BCUT2D eigenvalue weighted by Gasteiger charge is 2.21. The van der Waals surface area contributed by atoms with E-state index < -0.39 is 0 Å². The molecule has 0 bridgehead atoms. The van der Waals surface area contributed by atoms with Crippen LogP contribution in [0.15, 0.2) is 66.7 Å². The van der Waals surface area contributed by atoms with E-state index in [1.54, 1.807) is 7.11 Å². The van der Waals surface area contributed by atoms with Crippen LogP contribution in [0.3, 0.4) is 0 Å². The fourth-order valence-electron chi connectivity index (χ4n) is 4.03. The normalized spacial score (nSPS) is 14.5. The second-order valence-electron chi connectivity index (χ2n) is 7.99. The predicted octanol–water partition coefficient (Wildman–Crippen LogP) is 4.16. The minimum Gasteiger partial charge on any atom is -0.497 e. The lowest BCUT2D eigenvalue weighted by Crippen LogP contribution is -2.48. The zero-order valence-electron chi connectivity index (χ0n) is 17.9. The number of carbonyl (C=O) groups is 2. The molecule has 1 fully saturated rings. The monoisotopic (exact) mass is 416 g/mol. The van der Waals surface area contributed by atoms with Gasteiger partial charge in [-0.3, -0.25) is 14.5 Å². The van der Waals surface area contributed by atoms with Crippen LogP contribution in [0.5, 0.6) is 5.75 Å². The van der Waals surface area contributed by atoms with Gasteiger partial charge in [-0.15, -0.1) is 0 Å². The Morgan fingerprint density at radius 1 is 0.839 bits per heavy atom. The minimum absolute atomic E-state index is 0.0252. The number of fused-ring (bicyclic) bond motifs is 1. The lowest BCUT2D eigenvalue weighted by molar-refractivity contribution is -0.132. The van der Waals surface area contributed by atoms with Crippen molar-refractivity contribution < 1.29 is 14.3 Å². The molecule has 1 aliphatic heterocycles. The maximum atomic E-state index is 12.6. The van der Waals surface area contributed by atoms with Crippen molar-refractivity contribution in [3.63, 3.8) is 0 Å². The van der Waals surface area contributed by atoms with Gasteiger partial charge in [0.1, 0.15) is 5.75 Å². The maximum absolute atomic E-state index is 12.6. The van der Waals surface area contributed by atoms with Gasteiger partial charge < -0.3 is 9.64 Å². The molecule has 1 aliphatic rings. The third-order valence-corrected chi connectivity index (χ3v) is 5.93. The summed E-state index contributed by atoms with van der Waals surface area (Å²) in [5.74, 6) is 0.952. The van der Waals surface area contributed by atoms with Crippen LogP contribution in [-0.4, -0.2) is 54.8 Å². The molecule has 160 valence electrons. The van der Waals surface area contributed by atoms with Gasteiger partial charge in [-0.1, -0.05) is 48.5 Å². The van der Waals surface area contributed by atoms with Gasteiger partial charge in [0.25, 0.3) is 0 Å². The number of piperazine rings is 1. The summed E-state index contributed by atoms with van der Waals surface area (Å²) in [5.41, 5.74) is 1.91. The molecule has 0 N–H and O–H groups in total. The molecule has 0 saturated carbocycles. The Morgan fingerprint density at radius 2 is 1.55 bits per heavy atom. The first-order chi connectivity index (χ1) is 15.1. The summed E-state index contributed by atoms with van der Waals surface area (Å²) in [4.78, 5) is 29.5. The Kier molecular flexibility index (Phi) is 6.63. The van der Waals surface area contributed by atoms with Crippen molar-refractivity contribution >= 4 is 22.5 Å². The van der Waals surface area contributed by atoms with Crippen molar-refractivity contribution in [2.45, 2.75) is 19.4 Å². The van der Waals surface area contributed by atoms with Gasteiger partial charge >= 0.3 is 0 Å². The molecule has 0 spiro atoms. The minimum atomic E-state index is 0.0252. The quantitative estimate of drug-likeness (QED) is 0.543. The van der Waals surface area contributed by atoms with Crippen molar-refractivity contribution in [2.75, 3.05) is 33.3 Å². The van der Waals surface area contributed by atoms with Gasteiger partial charge in [-0.2, -0.15) is 0 Å². The van der Waals surface area contributed by atoms with Gasteiger partial charge in [0.2, 0.25) is 5.91 Å². The van der Waals surface area contributed by atoms with Gasteiger partial charge in [-0.25, -0.2) is 0 Å². The summed E-state index contributed by atoms with van der Waals surface area (Å²) >= 11 is 0. The molecular weight excluding hydrogens is 388 g/mol. The van der Waals surface area contributed by atoms with Crippen molar-refractivity contribution in [3.8, 4) is 5.75 Å². The van der Waals surface area contributed by atoms with E-state index in [2.05, 4.69) is 17.0 Å². The Labute approximate surface area is 183 Å². The molecule has 0 aliphatic carbocycles. The highest BCUT2D eigenvalue weighted by atomic mass is 16.5. The lowest BCUT2D eigenvalue weighted by Gasteiger charge is -2.34. The summed E-state index contributed by atoms with van der Waals surface area (Å²) in [6.07, 6.45) is 0.521. The summed E-state index contributed by atoms with van der Waals surface area (Å²) < 4.78 is 5.20. The largest absolute Gasteiger partial charge is 0.497 e. The summed E-state index contributed by atoms with van der Waals surface area (Å²) in [6.45, 7) is 3.97. The first kappa shape index (κ1) is 21.1. The van der Waals surface area contributed by atoms with Crippen molar-refractivity contribution in [1.29, 1.82) is 0 Å². The average molecular weight is 417 g/mol. The predicted molar refractivity (Wildman–Crippen MR) is 122 cm³/mol. The number of amides is 1. The summed E-state index contributed by atoms with van der Waals surface area (Å²) in [5, 5.41) is 2.16. The number of carbonyl (C=O) groups excluding carboxylic acids is 2.